The molecule has 7 nitrogen and oxygen atoms in total. The summed E-state index contributed by atoms with van der Waals surface area (Å²) in [5.41, 5.74) is 3.27. The van der Waals surface area contributed by atoms with Gasteiger partial charge in [-0.3, -0.25) is 0 Å². The summed E-state index contributed by atoms with van der Waals surface area (Å²) in [7, 11) is 0. The topological polar surface area (TPSA) is 78.4 Å². The molecule has 0 amide bonds. The van der Waals surface area contributed by atoms with Gasteiger partial charge >= 0.3 is 0 Å². The molecule has 1 atom stereocenters. The third kappa shape index (κ3) is 3.04. The van der Waals surface area contributed by atoms with E-state index in [2.05, 4.69) is 36.4 Å². The van der Waals surface area contributed by atoms with Crippen LogP contribution < -0.4 is 19.5 Å². The van der Waals surface area contributed by atoms with Crippen LogP contribution in [-0.4, -0.2) is 27.7 Å². The first-order valence-electron chi connectivity index (χ1n) is 8.72. The van der Waals surface area contributed by atoms with Gasteiger partial charge in [0, 0.05) is 21.3 Å². The molecule has 0 saturated carbocycles. The van der Waals surface area contributed by atoms with E-state index in [0.29, 0.717) is 28.2 Å². The molecular formula is C19H15BrN4O3S. The fourth-order valence-corrected chi connectivity index (χ4v) is 4.15. The van der Waals surface area contributed by atoms with E-state index < -0.39 is 6.23 Å². The molecule has 3 heterocycles. The first-order valence-corrected chi connectivity index (χ1v) is 10.5. The zero-order valence-corrected chi connectivity index (χ0v) is 17.2. The van der Waals surface area contributed by atoms with Crippen molar-refractivity contribution < 1.29 is 14.2 Å². The first kappa shape index (κ1) is 17.6. The van der Waals surface area contributed by atoms with Gasteiger partial charge in [-0.25, -0.2) is 0 Å². The van der Waals surface area contributed by atoms with Crippen molar-refractivity contribution in [3.8, 4) is 28.6 Å². The zero-order valence-electron chi connectivity index (χ0n) is 14.8. The van der Waals surface area contributed by atoms with Gasteiger partial charge in [0.1, 0.15) is 0 Å². The number of anilines is 1. The molecule has 28 heavy (non-hydrogen) atoms. The standard InChI is InChI=1S/C19H15BrN4O3S/c1-2-28-19-22-18-16(23-24-19)10-5-3-4-6-13(10)21-17(27-18)11-7-14-15(8-12(11)20)26-9-25-14/h3-8,17,21H,2,9H2,1H3. The fourth-order valence-electron chi connectivity index (χ4n) is 3.11. The number of hydrogen-bond acceptors (Lipinski definition) is 8. The highest BCUT2D eigenvalue weighted by Gasteiger charge is 2.29. The lowest BCUT2D eigenvalue weighted by Gasteiger charge is -2.20. The van der Waals surface area contributed by atoms with Crippen LogP contribution in [0.3, 0.4) is 0 Å². The van der Waals surface area contributed by atoms with Crippen molar-refractivity contribution in [2.45, 2.75) is 18.3 Å². The van der Waals surface area contributed by atoms with Crippen molar-refractivity contribution in [3.05, 3.63) is 46.4 Å². The largest absolute Gasteiger partial charge is 0.454 e. The van der Waals surface area contributed by atoms with Crippen LogP contribution in [-0.2, 0) is 0 Å². The summed E-state index contributed by atoms with van der Waals surface area (Å²) < 4.78 is 18.1. The minimum absolute atomic E-state index is 0.213. The number of hydrogen-bond donors (Lipinski definition) is 1. The molecular weight excluding hydrogens is 444 g/mol. The number of nitrogens with zero attached hydrogens (tertiary/aromatic N) is 3. The Balaban J connectivity index is 1.63. The molecule has 5 rings (SSSR count). The Morgan fingerprint density at radius 2 is 2.00 bits per heavy atom. The fraction of sp³-hybridized carbons (Fsp3) is 0.211. The van der Waals surface area contributed by atoms with Gasteiger partial charge in [-0.15, -0.1) is 10.2 Å². The number of halogens is 1. The molecule has 1 N–H and O–H groups in total. The number of ether oxygens (including phenoxy) is 3. The maximum Gasteiger partial charge on any atom is 0.247 e. The van der Waals surface area contributed by atoms with Crippen LogP contribution in [0.1, 0.15) is 18.7 Å². The summed E-state index contributed by atoms with van der Waals surface area (Å²) in [6.07, 6.45) is -0.498. The Labute approximate surface area is 174 Å². The number of para-hydroxylation sites is 1. The molecule has 142 valence electrons. The van der Waals surface area contributed by atoms with E-state index in [1.54, 1.807) is 0 Å². The number of aromatic nitrogens is 3. The highest BCUT2D eigenvalue weighted by molar-refractivity contribution is 9.10. The minimum Gasteiger partial charge on any atom is -0.454 e. The molecule has 0 radical (unpaired) electrons. The van der Waals surface area contributed by atoms with Crippen LogP contribution in [0, 0.1) is 0 Å². The second-order valence-electron chi connectivity index (χ2n) is 6.10. The van der Waals surface area contributed by atoms with E-state index in [0.717, 1.165) is 27.0 Å². The number of thioether (sulfide) groups is 1. The Morgan fingerprint density at radius 1 is 1.18 bits per heavy atom. The van der Waals surface area contributed by atoms with Gasteiger partial charge in [0.05, 0.1) is 0 Å². The van der Waals surface area contributed by atoms with Gasteiger partial charge in [-0.1, -0.05) is 52.8 Å². The predicted molar refractivity (Wildman–Crippen MR) is 109 cm³/mol. The average molecular weight is 459 g/mol. The van der Waals surface area contributed by atoms with Gasteiger partial charge in [0.15, 0.2) is 23.4 Å². The normalized spacial score (nSPS) is 16.4. The average Bonchev–Trinajstić information content (AvgIpc) is 3.08. The van der Waals surface area contributed by atoms with E-state index in [4.69, 9.17) is 14.2 Å². The molecule has 1 aromatic heterocycles. The van der Waals surface area contributed by atoms with Crippen LogP contribution in [0.2, 0.25) is 0 Å². The number of nitrogens with one attached hydrogen (secondary N) is 1. The molecule has 0 saturated heterocycles. The second kappa shape index (κ2) is 7.14. The van der Waals surface area contributed by atoms with Crippen LogP contribution in [0.5, 0.6) is 17.4 Å². The number of rotatable bonds is 3. The Morgan fingerprint density at radius 3 is 2.86 bits per heavy atom. The lowest BCUT2D eigenvalue weighted by molar-refractivity contribution is 0.173. The first-order chi connectivity index (χ1) is 13.7. The van der Waals surface area contributed by atoms with Gasteiger partial charge < -0.3 is 19.5 Å². The smallest absolute Gasteiger partial charge is 0.247 e. The molecule has 2 aliphatic heterocycles. The molecule has 0 bridgehead atoms. The predicted octanol–water partition coefficient (Wildman–Crippen LogP) is 4.64. The Kier molecular flexibility index (Phi) is 4.48. The van der Waals surface area contributed by atoms with E-state index in [1.165, 1.54) is 11.8 Å². The van der Waals surface area contributed by atoms with Crippen molar-refractivity contribution >= 4 is 33.4 Å². The highest BCUT2D eigenvalue weighted by atomic mass is 79.9. The van der Waals surface area contributed by atoms with Crippen LogP contribution in [0.4, 0.5) is 5.69 Å². The van der Waals surface area contributed by atoms with Crippen LogP contribution in [0.15, 0.2) is 46.0 Å². The summed E-state index contributed by atoms with van der Waals surface area (Å²) in [5.74, 6) is 2.69. The van der Waals surface area contributed by atoms with Gasteiger partial charge in [0.25, 0.3) is 0 Å². The van der Waals surface area contributed by atoms with Crippen LogP contribution >= 0.6 is 27.7 Å². The summed E-state index contributed by atoms with van der Waals surface area (Å²) in [6.45, 7) is 2.26. The van der Waals surface area contributed by atoms with Crippen molar-refractivity contribution in [1.82, 2.24) is 15.2 Å². The van der Waals surface area contributed by atoms with E-state index in [1.807, 2.05) is 43.3 Å². The molecule has 0 aliphatic carbocycles. The lowest BCUT2D eigenvalue weighted by atomic mass is 10.1. The molecule has 1 unspecified atom stereocenters. The maximum atomic E-state index is 6.29. The Hall–Kier alpha value is -2.52. The van der Waals surface area contributed by atoms with Gasteiger partial charge in [-0.05, 0) is 24.0 Å². The molecule has 0 spiro atoms. The minimum atomic E-state index is -0.498. The second-order valence-corrected chi connectivity index (χ2v) is 8.18. The summed E-state index contributed by atoms with van der Waals surface area (Å²) in [5, 5.41) is 12.7. The van der Waals surface area contributed by atoms with E-state index >= 15 is 0 Å². The number of benzene rings is 2. The van der Waals surface area contributed by atoms with E-state index in [-0.39, 0.29) is 6.79 Å². The van der Waals surface area contributed by atoms with Crippen molar-refractivity contribution in [1.29, 1.82) is 0 Å². The molecule has 9 heteroatoms. The lowest BCUT2D eigenvalue weighted by Crippen LogP contribution is -2.17. The van der Waals surface area contributed by atoms with Crippen LogP contribution in [0.25, 0.3) is 11.3 Å². The van der Waals surface area contributed by atoms with Gasteiger partial charge in [0.2, 0.25) is 17.8 Å². The van der Waals surface area contributed by atoms with E-state index in [9.17, 15) is 0 Å². The monoisotopic (exact) mass is 458 g/mol. The molecule has 3 aromatic rings. The zero-order chi connectivity index (χ0) is 19.1. The molecule has 2 aromatic carbocycles. The maximum absolute atomic E-state index is 6.29. The van der Waals surface area contributed by atoms with Crippen molar-refractivity contribution in [2.75, 3.05) is 17.9 Å². The highest BCUT2D eigenvalue weighted by Crippen LogP contribution is 2.44. The SMILES string of the molecule is CCSc1nnc2c(n1)OC(c1cc3c(cc1Br)OCO3)Nc1ccccc1-2. The Bertz CT molecular complexity index is 1070. The third-order valence-corrected chi connectivity index (χ3v) is 5.79. The molecule has 0 fully saturated rings. The number of fused-ring (bicyclic) bond motifs is 4. The van der Waals surface area contributed by atoms with Crippen molar-refractivity contribution in [3.63, 3.8) is 0 Å². The van der Waals surface area contributed by atoms with Gasteiger partial charge in [-0.2, -0.15) is 4.98 Å². The van der Waals surface area contributed by atoms with Crippen molar-refractivity contribution in [2.24, 2.45) is 0 Å². The quantitative estimate of drug-likeness (QED) is 0.568. The third-order valence-electron chi connectivity index (χ3n) is 4.38. The molecule has 2 aliphatic rings. The summed E-state index contributed by atoms with van der Waals surface area (Å²) in [4.78, 5) is 4.60. The summed E-state index contributed by atoms with van der Waals surface area (Å²) in [6, 6.07) is 11.7. The summed E-state index contributed by atoms with van der Waals surface area (Å²) >= 11 is 5.14.